The first kappa shape index (κ1) is 15.7. The van der Waals surface area contributed by atoms with E-state index in [1.54, 1.807) is 6.07 Å². The number of hydrogen-bond donors (Lipinski definition) is 1. The Kier molecular flexibility index (Phi) is 5.05. The van der Waals surface area contributed by atoms with Gasteiger partial charge in [0.15, 0.2) is 0 Å². The highest BCUT2D eigenvalue weighted by molar-refractivity contribution is 6.44. The minimum absolute atomic E-state index is 0.237. The Morgan fingerprint density at radius 1 is 0.800 bits per heavy atom. The van der Waals surface area contributed by atoms with Crippen molar-refractivity contribution < 1.29 is 4.79 Å². The van der Waals surface area contributed by atoms with E-state index >= 15 is 0 Å². The van der Waals surface area contributed by atoms with Gasteiger partial charge in [-0.25, -0.2) is 0 Å². The van der Waals surface area contributed by atoms with Gasteiger partial charge in [0.2, 0.25) is 0 Å². The summed E-state index contributed by atoms with van der Waals surface area (Å²) in [5, 5.41) is 4.14. The van der Waals surface area contributed by atoms with Crippen molar-refractivity contribution in [3.05, 3.63) is 61.0 Å². The van der Waals surface area contributed by atoms with Crippen LogP contribution in [0.4, 0.5) is 5.69 Å². The van der Waals surface area contributed by atoms with Crippen molar-refractivity contribution in [2.75, 3.05) is 5.32 Å². The summed E-state index contributed by atoms with van der Waals surface area (Å²) in [6.07, 6.45) is 0. The lowest BCUT2D eigenvalue weighted by Gasteiger charge is -2.10. The summed E-state index contributed by atoms with van der Waals surface area (Å²) in [5.74, 6) is -0.446. The third-order valence-corrected chi connectivity index (χ3v) is 4.03. The first-order valence-corrected chi connectivity index (χ1v) is 7.18. The molecule has 0 unspecified atom stereocenters. The fraction of sp³-hybridized carbons (Fsp3) is 0. The molecule has 0 radical (unpaired) electrons. The Bertz CT molecular complexity index is 687. The van der Waals surface area contributed by atoms with E-state index in [2.05, 4.69) is 5.32 Å². The maximum atomic E-state index is 12.1. The monoisotopic (exact) mass is 367 g/mol. The Hall–Kier alpha value is -0.640. The molecule has 0 atom stereocenters. The van der Waals surface area contributed by atoms with E-state index in [9.17, 15) is 4.79 Å². The van der Waals surface area contributed by atoms with Gasteiger partial charge in [0.1, 0.15) is 0 Å². The highest BCUT2D eigenvalue weighted by Crippen LogP contribution is 2.33. The van der Waals surface area contributed by atoms with Crippen LogP contribution in [0.2, 0.25) is 25.1 Å². The molecule has 0 spiro atoms. The number of hydrogen-bond acceptors (Lipinski definition) is 1. The molecule has 0 aromatic heterocycles. The van der Waals surface area contributed by atoms with E-state index < -0.39 is 5.91 Å². The Morgan fingerprint density at radius 2 is 1.45 bits per heavy atom. The van der Waals surface area contributed by atoms with Crippen LogP contribution in [0.5, 0.6) is 0 Å². The molecule has 2 nitrogen and oxygen atoms in total. The topological polar surface area (TPSA) is 29.1 Å². The molecule has 0 aliphatic rings. The summed E-state index contributed by atoms with van der Waals surface area (Å²) in [6.45, 7) is 0. The SMILES string of the molecule is O=C(Nc1cc(Cl)c(Cl)cc1Cl)c1cc(Cl)ccc1Cl. The average Bonchev–Trinajstić information content (AvgIpc) is 2.38. The van der Waals surface area contributed by atoms with E-state index in [4.69, 9.17) is 58.0 Å². The normalized spacial score (nSPS) is 10.4. The van der Waals surface area contributed by atoms with Crippen LogP contribution in [0.1, 0.15) is 10.4 Å². The van der Waals surface area contributed by atoms with Crippen LogP contribution in [0.3, 0.4) is 0 Å². The van der Waals surface area contributed by atoms with Crippen molar-refractivity contribution in [2.24, 2.45) is 0 Å². The van der Waals surface area contributed by atoms with Gasteiger partial charge in [-0.2, -0.15) is 0 Å². The summed E-state index contributed by atoms with van der Waals surface area (Å²) in [7, 11) is 0. The lowest BCUT2D eigenvalue weighted by atomic mass is 10.2. The van der Waals surface area contributed by atoms with Crippen molar-refractivity contribution in [3.63, 3.8) is 0 Å². The molecule has 0 bridgehead atoms. The average molecular weight is 369 g/mol. The lowest BCUT2D eigenvalue weighted by Crippen LogP contribution is -2.12. The van der Waals surface area contributed by atoms with Crippen molar-refractivity contribution in [1.82, 2.24) is 0 Å². The second kappa shape index (κ2) is 6.42. The van der Waals surface area contributed by atoms with Crippen LogP contribution in [0, 0.1) is 0 Å². The molecule has 0 heterocycles. The van der Waals surface area contributed by atoms with Gasteiger partial charge in [0, 0.05) is 5.02 Å². The zero-order chi connectivity index (χ0) is 14.9. The Morgan fingerprint density at radius 3 is 2.15 bits per heavy atom. The first-order chi connectivity index (χ1) is 9.38. The molecule has 0 aliphatic carbocycles. The van der Waals surface area contributed by atoms with E-state index in [1.807, 2.05) is 0 Å². The maximum Gasteiger partial charge on any atom is 0.257 e. The summed E-state index contributed by atoms with van der Waals surface area (Å²) in [6, 6.07) is 7.50. The molecule has 0 fully saturated rings. The van der Waals surface area contributed by atoms with Gasteiger partial charge >= 0.3 is 0 Å². The van der Waals surface area contributed by atoms with Crippen molar-refractivity contribution in [1.29, 1.82) is 0 Å². The Balaban J connectivity index is 2.32. The molecule has 1 N–H and O–H groups in total. The second-order valence-electron chi connectivity index (χ2n) is 3.82. The maximum absolute atomic E-state index is 12.1. The smallest absolute Gasteiger partial charge is 0.257 e. The molecule has 2 aromatic carbocycles. The minimum Gasteiger partial charge on any atom is -0.321 e. The quantitative estimate of drug-likeness (QED) is 0.627. The number of nitrogens with one attached hydrogen (secondary N) is 1. The van der Waals surface area contributed by atoms with Gasteiger partial charge in [-0.05, 0) is 30.3 Å². The Labute approximate surface area is 140 Å². The number of halogens is 5. The van der Waals surface area contributed by atoms with E-state index in [0.29, 0.717) is 15.7 Å². The summed E-state index contributed by atoms with van der Waals surface area (Å²) in [5.41, 5.74) is 0.573. The highest BCUT2D eigenvalue weighted by atomic mass is 35.5. The number of anilines is 1. The molecule has 104 valence electrons. The molecule has 2 aromatic rings. The van der Waals surface area contributed by atoms with Crippen molar-refractivity contribution in [2.45, 2.75) is 0 Å². The van der Waals surface area contributed by atoms with E-state index in [1.165, 1.54) is 24.3 Å². The number of carbonyl (C=O) groups excluding carboxylic acids is 1. The predicted molar refractivity (Wildman–Crippen MR) is 85.9 cm³/mol. The minimum atomic E-state index is -0.446. The third kappa shape index (κ3) is 3.51. The molecule has 0 saturated carbocycles. The molecule has 1 amide bonds. The van der Waals surface area contributed by atoms with Gasteiger partial charge in [-0.3, -0.25) is 4.79 Å². The summed E-state index contributed by atoms with van der Waals surface area (Å²) in [4.78, 5) is 12.1. The summed E-state index contributed by atoms with van der Waals surface area (Å²) >= 11 is 29.5. The van der Waals surface area contributed by atoms with E-state index in [-0.39, 0.29) is 20.6 Å². The fourth-order valence-corrected chi connectivity index (χ4v) is 2.45. The van der Waals surface area contributed by atoms with Gasteiger partial charge in [-0.1, -0.05) is 58.0 Å². The summed E-state index contributed by atoms with van der Waals surface area (Å²) < 4.78 is 0. The zero-order valence-electron chi connectivity index (χ0n) is 9.68. The predicted octanol–water partition coefficient (Wildman–Crippen LogP) is 6.21. The first-order valence-electron chi connectivity index (χ1n) is 5.29. The third-order valence-electron chi connectivity index (χ3n) is 2.43. The van der Waals surface area contributed by atoms with Crippen LogP contribution in [0.25, 0.3) is 0 Å². The highest BCUT2D eigenvalue weighted by Gasteiger charge is 2.14. The van der Waals surface area contributed by atoms with Gasteiger partial charge in [0.05, 0.1) is 31.3 Å². The number of rotatable bonds is 2. The zero-order valence-corrected chi connectivity index (χ0v) is 13.5. The molecular formula is C13H6Cl5NO. The molecule has 2 rings (SSSR count). The van der Waals surface area contributed by atoms with Crippen molar-refractivity contribution in [3.8, 4) is 0 Å². The second-order valence-corrected chi connectivity index (χ2v) is 5.89. The lowest BCUT2D eigenvalue weighted by molar-refractivity contribution is 0.102. The number of benzene rings is 2. The van der Waals surface area contributed by atoms with Crippen LogP contribution in [0.15, 0.2) is 30.3 Å². The number of amides is 1. The molecule has 0 aliphatic heterocycles. The van der Waals surface area contributed by atoms with Gasteiger partial charge < -0.3 is 5.32 Å². The standard InChI is InChI=1S/C13H6Cl5NO/c14-6-1-2-8(15)7(3-6)13(20)19-12-5-10(17)9(16)4-11(12)18/h1-5H,(H,19,20). The molecule has 0 saturated heterocycles. The van der Waals surface area contributed by atoms with Crippen LogP contribution in [-0.4, -0.2) is 5.91 Å². The fourth-order valence-electron chi connectivity index (χ4n) is 1.48. The molecule has 7 heteroatoms. The van der Waals surface area contributed by atoms with Crippen LogP contribution in [-0.2, 0) is 0 Å². The van der Waals surface area contributed by atoms with Gasteiger partial charge in [-0.15, -0.1) is 0 Å². The van der Waals surface area contributed by atoms with Crippen LogP contribution >= 0.6 is 58.0 Å². The van der Waals surface area contributed by atoms with E-state index in [0.717, 1.165) is 0 Å². The van der Waals surface area contributed by atoms with Crippen LogP contribution < -0.4 is 5.32 Å². The largest absolute Gasteiger partial charge is 0.321 e. The van der Waals surface area contributed by atoms with Gasteiger partial charge in [0.25, 0.3) is 5.91 Å². The molecular weight excluding hydrogens is 363 g/mol. The van der Waals surface area contributed by atoms with Crippen molar-refractivity contribution >= 4 is 69.6 Å². The number of carbonyl (C=O) groups is 1. The molecule has 20 heavy (non-hydrogen) atoms.